The Morgan fingerprint density at radius 3 is 2.52 bits per heavy atom. The van der Waals surface area contributed by atoms with Crippen LogP contribution >= 0.6 is 0 Å². The van der Waals surface area contributed by atoms with E-state index in [1.807, 2.05) is 57.2 Å². The van der Waals surface area contributed by atoms with Gasteiger partial charge in [0.25, 0.3) is 0 Å². The van der Waals surface area contributed by atoms with Gasteiger partial charge in [0.15, 0.2) is 0 Å². The minimum Gasteiger partial charge on any atom is -0.497 e. The van der Waals surface area contributed by atoms with Gasteiger partial charge in [0.05, 0.1) is 18.8 Å². The number of amides is 1. The van der Waals surface area contributed by atoms with Gasteiger partial charge in [-0.2, -0.15) is 0 Å². The number of ether oxygens (including phenoxy) is 2. The van der Waals surface area contributed by atoms with Crippen LogP contribution in [0.1, 0.15) is 32.8 Å². The molecule has 1 amide bonds. The summed E-state index contributed by atoms with van der Waals surface area (Å²) in [4.78, 5) is 15.1. The van der Waals surface area contributed by atoms with Crippen molar-refractivity contribution in [2.45, 2.75) is 45.4 Å². The molecule has 0 radical (unpaired) electrons. The first-order valence-electron chi connectivity index (χ1n) is 9.37. The van der Waals surface area contributed by atoms with Crippen LogP contribution in [0.25, 0.3) is 0 Å². The molecule has 1 atom stereocenters. The molecule has 1 aliphatic rings. The molecular weight excluding hydrogens is 340 g/mol. The summed E-state index contributed by atoms with van der Waals surface area (Å²) in [7, 11) is 1.62. The van der Waals surface area contributed by atoms with Crippen molar-refractivity contribution in [3.8, 4) is 11.5 Å². The highest BCUT2D eigenvalue weighted by molar-refractivity contribution is 5.98. The van der Waals surface area contributed by atoms with E-state index in [1.54, 1.807) is 7.11 Å². The average molecular weight is 368 g/mol. The summed E-state index contributed by atoms with van der Waals surface area (Å²) in [5.74, 6) is 1.62. The predicted octanol–water partition coefficient (Wildman–Crippen LogP) is 4.09. The zero-order valence-electron chi connectivity index (χ0n) is 16.5. The molecule has 0 aromatic heterocycles. The number of benzene rings is 2. The minimum atomic E-state index is -0.504. The first kappa shape index (κ1) is 19.2. The van der Waals surface area contributed by atoms with Gasteiger partial charge in [-0.15, -0.1) is 0 Å². The van der Waals surface area contributed by atoms with Gasteiger partial charge in [0, 0.05) is 24.8 Å². The van der Waals surface area contributed by atoms with E-state index in [9.17, 15) is 4.79 Å². The molecule has 1 saturated heterocycles. The number of nitrogens with zero attached hydrogens (tertiary/aromatic N) is 1. The normalized spacial score (nSPS) is 19.4. The maximum absolute atomic E-state index is 12.9. The Hall–Kier alpha value is -2.53. The number of hydrogen-bond acceptors (Lipinski definition) is 4. The zero-order chi connectivity index (χ0) is 19.4. The number of carbonyl (C=O) groups excluding carboxylic acids is 1. The number of rotatable bonds is 7. The molecule has 0 saturated carbocycles. The Kier molecular flexibility index (Phi) is 5.71. The second-order valence-electron chi connectivity index (χ2n) is 7.44. The van der Waals surface area contributed by atoms with E-state index in [0.717, 1.165) is 36.7 Å². The molecule has 1 unspecified atom stereocenters. The van der Waals surface area contributed by atoms with Crippen molar-refractivity contribution in [1.82, 2.24) is 4.90 Å². The molecule has 5 heteroatoms. The van der Waals surface area contributed by atoms with Crippen LogP contribution in [0.2, 0.25) is 0 Å². The summed E-state index contributed by atoms with van der Waals surface area (Å²) in [6.45, 7) is 7.68. The maximum Gasteiger partial charge on any atom is 0.244 e. The van der Waals surface area contributed by atoms with Crippen molar-refractivity contribution in [2.75, 3.05) is 19.0 Å². The van der Waals surface area contributed by atoms with Crippen molar-refractivity contribution in [3.63, 3.8) is 0 Å². The molecular formula is C22H28N2O3. The molecule has 1 fully saturated rings. The highest BCUT2D eigenvalue weighted by Gasteiger charge is 2.46. The molecule has 0 spiro atoms. The van der Waals surface area contributed by atoms with Crippen LogP contribution in [0.4, 0.5) is 5.69 Å². The standard InChI is InChI=1S/C22H28N2O3/c1-16(2)27-19-10-8-17(9-11-19)15-24-13-12-22(24,3)21(25)23-18-6-5-7-20(14-18)26-4/h5-11,14,16H,12-13,15H2,1-4H3,(H,23,25). The Morgan fingerprint density at radius 2 is 1.93 bits per heavy atom. The summed E-state index contributed by atoms with van der Waals surface area (Å²) in [5.41, 5.74) is 1.42. The SMILES string of the molecule is COc1cccc(NC(=O)C2(C)CCN2Cc2ccc(OC(C)C)cc2)c1. The van der Waals surface area contributed by atoms with Gasteiger partial charge in [-0.1, -0.05) is 18.2 Å². The summed E-state index contributed by atoms with van der Waals surface area (Å²) >= 11 is 0. The third-order valence-electron chi connectivity index (χ3n) is 5.05. The monoisotopic (exact) mass is 368 g/mol. The molecule has 0 bridgehead atoms. The van der Waals surface area contributed by atoms with Gasteiger partial charge in [-0.05, 0) is 57.0 Å². The molecule has 1 N–H and O–H groups in total. The first-order chi connectivity index (χ1) is 12.9. The third-order valence-corrected chi connectivity index (χ3v) is 5.05. The van der Waals surface area contributed by atoms with E-state index >= 15 is 0 Å². The Bertz CT molecular complexity index is 788. The van der Waals surface area contributed by atoms with Crippen LogP contribution in [0.15, 0.2) is 48.5 Å². The zero-order valence-corrected chi connectivity index (χ0v) is 16.5. The van der Waals surface area contributed by atoms with Crippen molar-refractivity contribution in [2.24, 2.45) is 0 Å². The van der Waals surface area contributed by atoms with Crippen LogP contribution < -0.4 is 14.8 Å². The second-order valence-corrected chi connectivity index (χ2v) is 7.44. The largest absolute Gasteiger partial charge is 0.497 e. The molecule has 3 rings (SSSR count). The predicted molar refractivity (Wildman–Crippen MR) is 107 cm³/mol. The third kappa shape index (κ3) is 4.42. The van der Waals surface area contributed by atoms with Crippen LogP contribution in [0.5, 0.6) is 11.5 Å². The van der Waals surface area contributed by atoms with Gasteiger partial charge in [-0.25, -0.2) is 0 Å². The van der Waals surface area contributed by atoms with Gasteiger partial charge in [-0.3, -0.25) is 9.69 Å². The lowest BCUT2D eigenvalue weighted by atomic mass is 9.85. The number of carbonyl (C=O) groups is 1. The number of likely N-dealkylation sites (tertiary alicyclic amines) is 1. The summed E-state index contributed by atoms with van der Waals surface area (Å²) in [5, 5.41) is 3.02. The molecule has 2 aromatic carbocycles. The average Bonchev–Trinajstić information content (AvgIpc) is 2.65. The fraction of sp³-hybridized carbons (Fsp3) is 0.409. The Balaban J connectivity index is 1.63. The van der Waals surface area contributed by atoms with E-state index in [4.69, 9.17) is 9.47 Å². The highest BCUT2D eigenvalue weighted by atomic mass is 16.5. The molecule has 1 aliphatic heterocycles. The van der Waals surface area contributed by atoms with Crippen molar-refractivity contribution in [3.05, 3.63) is 54.1 Å². The van der Waals surface area contributed by atoms with Crippen molar-refractivity contribution < 1.29 is 14.3 Å². The quantitative estimate of drug-likeness (QED) is 0.800. The van der Waals surface area contributed by atoms with Gasteiger partial charge in [0.2, 0.25) is 5.91 Å². The summed E-state index contributed by atoms with van der Waals surface area (Å²) < 4.78 is 10.9. The first-order valence-corrected chi connectivity index (χ1v) is 9.37. The molecule has 27 heavy (non-hydrogen) atoms. The molecule has 1 heterocycles. The fourth-order valence-electron chi connectivity index (χ4n) is 3.25. The van der Waals surface area contributed by atoms with Gasteiger partial charge < -0.3 is 14.8 Å². The van der Waals surface area contributed by atoms with E-state index < -0.39 is 5.54 Å². The number of anilines is 1. The van der Waals surface area contributed by atoms with Crippen LogP contribution in [-0.2, 0) is 11.3 Å². The Morgan fingerprint density at radius 1 is 1.19 bits per heavy atom. The Labute approximate surface area is 161 Å². The maximum atomic E-state index is 12.9. The van der Waals surface area contributed by atoms with Crippen LogP contribution in [0, 0.1) is 0 Å². The molecule has 0 aliphatic carbocycles. The van der Waals surface area contributed by atoms with Crippen LogP contribution in [0.3, 0.4) is 0 Å². The lowest BCUT2D eigenvalue weighted by Crippen LogP contribution is -2.63. The molecule has 2 aromatic rings. The van der Waals surface area contributed by atoms with E-state index in [0.29, 0.717) is 0 Å². The van der Waals surface area contributed by atoms with E-state index in [1.165, 1.54) is 5.56 Å². The highest BCUT2D eigenvalue weighted by Crippen LogP contribution is 2.33. The molecule has 144 valence electrons. The van der Waals surface area contributed by atoms with Gasteiger partial charge in [0.1, 0.15) is 11.5 Å². The van der Waals surface area contributed by atoms with Crippen molar-refractivity contribution in [1.29, 1.82) is 0 Å². The lowest BCUT2D eigenvalue weighted by Gasteiger charge is -2.49. The van der Waals surface area contributed by atoms with Gasteiger partial charge >= 0.3 is 0 Å². The smallest absolute Gasteiger partial charge is 0.244 e. The topological polar surface area (TPSA) is 50.8 Å². The molecule has 5 nitrogen and oxygen atoms in total. The fourth-order valence-corrected chi connectivity index (χ4v) is 3.25. The van der Waals surface area contributed by atoms with E-state index in [2.05, 4.69) is 22.3 Å². The van der Waals surface area contributed by atoms with Crippen molar-refractivity contribution >= 4 is 11.6 Å². The van der Waals surface area contributed by atoms with Crippen LogP contribution in [-0.4, -0.2) is 36.1 Å². The summed E-state index contributed by atoms with van der Waals surface area (Å²) in [6.07, 6.45) is 1.01. The summed E-state index contributed by atoms with van der Waals surface area (Å²) in [6, 6.07) is 15.5. The second kappa shape index (κ2) is 8.01. The number of nitrogens with one attached hydrogen (secondary N) is 1. The number of hydrogen-bond donors (Lipinski definition) is 1. The lowest BCUT2D eigenvalue weighted by molar-refractivity contribution is -0.136. The van der Waals surface area contributed by atoms with E-state index in [-0.39, 0.29) is 12.0 Å². The minimum absolute atomic E-state index is 0.0155. The number of methoxy groups -OCH3 is 1.